The van der Waals surface area contributed by atoms with Gasteiger partial charge in [0.15, 0.2) is 6.29 Å². The fourth-order valence-electron chi connectivity index (χ4n) is 1.45. The summed E-state index contributed by atoms with van der Waals surface area (Å²) in [6.07, 6.45) is 5.40. The van der Waals surface area contributed by atoms with E-state index in [0.717, 1.165) is 37.7 Å². The second-order valence-corrected chi connectivity index (χ2v) is 3.88. The zero-order chi connectivity index (χ0) is 13.1. The average molecular weight is 242 g/mol. The minimum Gasteiger partial charge on any atom is -0.385 e. The molecule has 0 aliphatic heterocycles. The van der Waals surface area contributed by atoms with E-state index in [-0.39, 0.29) is 0 Å². The Morgan fingerprint density at radius 2 is 2.06 bits per heavy atom. The molecule has 0 aliphatic carbocycles. The van der Waals surface area contributed by atoms with Crippen molar-refractivity contribution in [2.75, 3.05) is 13.7 Å². The molecule has 0 saturated carbocycles. The number of rotatable bonds is 6. The maximum atomic E-state index is 10.9. The Morgan fingerprint density at radius 1 is 1.28 bits per heavy atom. The molecule has 0 atom stereocenters. The predicted molar refractivity (Wildman–Crippen MR) is 74.0 cm³/mol. The molecule has 0 amide bonds. The summed E-state index contributed by atoms with van der Waals surface area (Å²) in [6.45, 7) is 0.766. The number of carbonyl (C=O) groups is 1. The first kappa shape index (κ1) is 14.2. The molecule has 1 aromatic rings. The van der Waals surface area contributed by atoms with Crippen LogP contribution in [0.4, 0.5) is 0 Å². The van der Waals surface area contributed by atoms with Crippen molar-refractivity contribution in [1.29, 1.82) is 0 Å². The third-order valence-corrected chi connectivity index (χ3v) is 2.38. The van der Waals surface area contributed by atoms with Gasteiger partial charge in [-0.1, -0.05) is 42.2 Å². The smallest absolute Gasteiger partial charge is 0.158 e. The fourth-order valence-corrected chi connectivity index (χ4v) is 1.45. The molecule has 18 heavy (non-hydrogen) atoms. The minimum absolute atomic E-state index is 0.521. The largest absolute Gasteiger partial charge is 0.385 e. The molecular weight excluding hydrogens is 224 g/mol. The van der Waals surface area contributed by atoms with Gasteiger partial charge in [0.1, 0.15) is 0 Å². The van der Waals surface area contributed by atoms with Crippen LogP contribution in [0.25, 0.3) is 6.08 Å². The molecule has 0 aliphatic rings. The Labute approximate surface area is 109 Å². The first-order valence-electron chi connectivity index (χ1n) is 6.06. The van der Waals surface area contributed by atoms with Crippen LogP contribution in [0.3, 0.4) is 0 Å². The van der Waals surface area contributed by atoms with Crippen LogP contribution in [0, 0.1) is 11.8 Å². The second kappa shape index (κ2) is 9.21. The Kier molecular flexibility index (Phi) is 7.27. The molecular formula is C16H18O2. The standard InChI is InChI=1S/C16H18O2/c1-18-12-8-3-2-5-11-16(14-17)13-15-9-6-4-7-10-15/h4,6-7,9-10,13-14H,2-3,8,12H2,1H3/b16-13+. The summed E-state index contributed by atoms with van der Waals surface area (Å²) >= 11 is 0. The van der Waals surface area contributed by atoms with Gasteiger partial charge in [0, 0.05) is 20.1 Å². The minimum atomic E-state index is 0.521. The summed E-state index contributed by atoms with van der Waals surface area (Å²) in [7, 11) is 1.69. The van der Waals surface area contributed by atoms with Gasteiger partial charge in [0.05, 0.1) is 5.57 Å². The highest BCUT2D eigenvalue weighted by molar-refractivity contribution is 5.87. The number of ether oxygens (including phenoxy) is 1. The molecule has 0 spiro atoms. The second-order valence-electron chi connectivity index (χ2n) is 3.88. The number of aldehydes is 1. The van der Waals surface area contributed by atoms with Crippen LogP contribution in [0.15, 0.2) is 35.9 Å². The molecule has 94 valence electrons. The molecule has 0 saturated heterocycles. The SMILES string of the molecule is COCCCCC#C/C(C=O)=C\c1ccccc1. The zero-order valence-electron chi connectivity index (χ0n) is 10.7. The van der Waals surface area contributed by atoms with E-state index in [1.165, 1.54) is 0 Å². The highest BCUT2D eigenvalue weighted by Gasteiger charge is 1.91. The molecule has 0 bridgehead atoms. The van der Waals surface area contributed by atoms with Gasteiger partial charge in [-0.3, -0.25) is 4.79 Å². The van der Waals surface area contributed by atoms with E-state index in [4.69, 9.17) is 4.74 Å². The summed E-state index contributed by atoms with van der Waals surface area (Å²) in [5.74, 6) is 5.91. The van der Waals surface area contributed by atoms with Crippen molar-refractivity contribution >= 4 is 12.4 Å². The lowest BCUT2D eigenvalue weighted by atomic mass is 10.1. The lowest BCUT2D eigenvalue weighted by Crippen LogP contribution is -1.87. The molecule has 0 heterocycles. The summed E-state index contributed by atoms with van der Waals surface area (Å²) < 4.78 is 4.95. The fraction of sp³-hybridized carbons (Fsp3) is 0.312. The third kappa shape index (κ3) is 6.03. The van der Waals surface area contributed by atoms with E-state index >= 15 is 0 Å². The molecule has 2 heteroatoms. The number of benzene rings is 1. The van der Waals surface area contributed by atoms with Crippen LogP contribution in [-0.4, -0.2) is 20.0 Å². The van der Waals surface area contributed by atoms with Crippen LogP contribution in [0.2, 0.25) is 0 Å². The maximum Gasteiger partial charge on any atom is 0.158 e. The highest BCUT2D eigenvalue weighted by atomic mass is 16.5. The van der Waals surface area contributed by atoms with Crippen LogP contribution in [-0.2, 0) is 9.53 Å². The molecule has 1 rings (SSSR count). The van der Waals surface area contributed by atoms with Crippen LogP contribution in [0.5, 0.6) is 0 Å². The van der Waals surface area contributed by atoms with Gasteiger partial charge in [0.2, 0.25) is 0 Å². The van der Waals surface area contributed by atoms with Crippen molar-refractivity contribution in [3.05, 3.63) is 41.5 Å². The first-order chi connectivity index (χ1) is 8.86. The molecule has 1 aromatic carbocycles. The molecule has 2 nitrogen and oxygen atoms in total. The molecule has 0 aromatic heterocycles. The summed E-state index contributed by atoms with van der Waals surface area (Å²) in [4.78, 5) is 10.9. The van der Waals surface area contributed by atoms with Gasteiger partial charge in [-0.15, -0.1) is 0 Å². The summed E-state index contributed by atoms with van der Waals surface area (Å²) in [5, 5.41) is 0. The van der Waals surface area contributed by atoms with Gasteiger partial charge in [0.25, 0.3) is 0 Å². The van der Waals surface area contributed by atoms with Crippen molar-refractivity contribution in [3.63, 3.8) is 0 Å². The van der Waals surface area contributed by atoms with Gasteiger partial charge in [-0.2, -0.15) is 0 Å². The Hall–Kier alpha value is -1.85. The van der Waals surface area contributed by atoms with Crippen LogP contribution in [0.1, 0.15) is 24.8 Å². The average Bonchev–Trinajstić information content (AvgIpc) is 2.42. The number of hydrogen-bond acceptors (Lipinski definition) is 2. The van der Waals surface area contributed by atoms with E-state index in [0.29, 0.717) is 5.57 Å². The molecule has 0 radical (unpaired) electrons. The number of hydrogen-bond donors (Lipinski definition) is 0. The van der Waals surface area contributed by atoms with Gasteiger partial charge in [-0.05, 0) is 24.5 Å². The monoisotopic (exact) mass is 242 g/mol. The van der Waals surface area contributed by atoms with Gasteiger partial charge in [-0.25, -0.2) is 0 Å². The Bertz CT molecular complexity index is 435. The number of unbranched alkanes of at least 4 members (excludes halogenated alkanes) is 2. The van der Waals surface area contributed by atoms with E-state index in [1.54, 1.807) is 13.2 Å². The maximum absolute atomic E-state index is 10.9. The number of methoxy groups -OCH3 is 1. The van der Waals surface area contributed by atoms with Crippen molar-refractivity contribution < 1.29 is 9.53 Å². The summed E-state index contributed by atoms with van der Waals surface area (Å²) in [6, 6.07) is 9.71. The molecule has 0 N–H and O–H groups in total. The Morgan fingerprint density at radius 3 is 2.72 bits per heavy atom. The first-order valence-corrected chi connectivity index (χ1v) is 6.06. The lowest BCUT2D eigenvalue weighted by Gasteiger charge is -1.94. The van der Waals surface area contributed by atoms with Crippen molar-refractivity contribution in [2.24, 2.45) is 0 Å². The third-order valence-electron chi connectivity index (χ3n) is 2.38. The molecule has 0 unspecified atom stereocenters. The van der Waals surface area contributed by atoms with Crippen molar-refractivity contribution in [1.82, 2.24) is 0 Å². The Balaban J connectivity index is 2.50. The topological polar surface area (TPSA) is 26.3 Å². The van der Waals surface area contributed by atoms with E-state index in [1.807, 2.05) is 30.3 Å². The van der Waals surface area contributed by atoms with E-state index in [2.05, 4.69) is 11.8 Å². The van der Waals surface area contributed by atoms with Crippen LogP contribution < -0.4 is 0 Å². The number of carbonyl (C=O) groups excluding carboxylic acids is 1. The van der Waals surface area contributed by atoms with Crippen LogP contribution >= 0.6 is 0 Å². The lowest BCUT2D eigenvalue weighted by molar-refractivity contribution is -0.104. The summed E-state index contributed by atoms with van der Waals surface area (Å²) in [5.41, 5.74) is 1.52. The van der Waals surface area contributed by atoms with E-state index in [9.17, 15) is 4.79 Å². The van der Waals surface area contributed by atoms with Crippen molar-refractivity contribution in [3.8, 4) is 11.8 Å². The van der Waals surface area contributed by atoms with Gasteiger partial charge >= 0.3 is 0 Å². The quantitative estimate of drug-likeness (QED) is 0.331. The molecule has 0 fully saturated rings. The zero-order valence-corrected chi connectivity index (χ0v) is 10.7. The van der Waals surface area contributed by atoms with Crippen molar-refractivity contribution in [2.45, 2.75) is 19.3 Å². The highest BCUT2D eigenvalue weighted by Crippen LogP contribution is 2.04. The normalized spacial score (nSPS) is 10.6. The predicted octanol–water partition coefficient (Wildman–Crippen LogP) is 3.09. The number of allylic oxidation sites excluding steroid dienone is 1. The van der Waals surface area contributed by atoms with Gasteiger partial charge < -0.3 is 4.74 Å². The van der Waals surface area contributed by atoms with E-state index < -0.39 is 0 Å².